The highest BCUT2D eigenvalue weighted by molar-refractivity contribution is 7.91. The highest BCUT2D eigenvalue weighted by Gasteiger charge is 2.35. The van der Waals surface area contributed by atoms with Crippen LogP contribution < -0.4 is 10.4 Å². The highest BCUT2D eigenvalue weighted by atomic mass is 32.2. The van der Waals surface area contributed by atoms with Crippen LogP contribution in [0.25, 0.3) is 0 Å². The van der Waals surface area contributed by atoms with Gasteiger partial charge in [-0.2, -0.15) is 0 Å². The first kappa shape index (κ1) is 10.0. The van der Waals surface area contributed by atoms with Crippen LogP contribution in [-0.4, -0.2) is 30.9 Å². The van der Waals surface area contributed by atoms with Crippen molar-refractivity contribution in [3.63, 3.8) is 0 Å². The summed E-state index contributed by atoms with van der Waals surface area (Å²) in [4.78, 5) is 4.26. The fourth-order valence-electron chi connectivity index (χ4n) is 2.34. The largest absolute Gasteiger partial charge is 0.302 e. The van der Waals surface area contributed by atoms with Gasteiger partial charge in [0.15, 0.2) is 9.84 Å². The minimum atomic E-state index is -2.84. The SMILES string of the molecule is O=S1(=O)CCC(N2NCc3ncccc32)C1. The van der Waals surface area contributed by atoms with Gasteiger partial charge in [0.05, 0.1) is 35.5 Å². The van der Waals surface area contributed by atoms with Crippen LogP contribution in [0.1, 0.15) is 12.1 Å². The first-order valence-corrected chi connectivity index (χ1v) is 7.15. The molecule has 1 saturated heterocycles. The standard InChI is InChI=1S/C10H13N3O2S/c14-16(15)5-3-8(7-16)13-10-2-1-4-11-9(10)6-12-13/h1-2,4,8,12H,3,5-7H2. The van der Waals surface area contributed by atoms with E-state index < -0.39 is 9.84 Å². The van der Waals surface area contributed by atoms with Crippen LogP contribution in [0.3, 0.4) is 0 Å². The van der Waals surface area contributed by atoms with E-state index in [1.54, 1.807) is 6.20 Å². The fourth-order valence-corrected chi connectivity index (χ4v) is 4.03. The Kier molecular flexibility index (Phi) is 2.15. The molecule has 5 nitrogen and oxygen atoms in total. The molecule has 0 aromatic carbocycles. The summed E-state index contributed by atoms with van der Waals surface area (Å²) in [5.41, 5.74) is 5.22. The summed E-state index contributed by atoms with van der Waals surface area (Å²) in [6, 6.07) is 3.91. The van der Waals surface area contributed by atoms with Crippen molar-refractivity contribution >= 4 is 15.5 Å². The maximum Gasteiger partial charge on any atom is 0.152 e. The predicted molar refractivity (Wildman–Crippen MR) is 60.6 cm³/mol. The minimum absolute atomic E-state index is 0.0513. The van der Waals surface area contributed by atoms with Crippen molar-refractivity contribution in [2.75, 3.05) is 16.5 Å². The van der Waals surface area contributed by atoms with Crippen molar-refractivity contribution in [1.29, 1.82) is 0 Å². The van der Waals surface area contributed by atoms with Gasteiger partial charge in [0.1, 0.15) is 0 Å². The van der Waals surface area contributed by atoms with E-state index >= 15 is 0 Å². The van der Waals surface area contributed by atoms with Crippen LogP contribution in [0.5, 0.6) is 0 Å². The highest BCUT2D eigenvalue weighted by Crippen LogP contribution is 2.28. The molecule has 3 heterocycles. The summed E-state index contributed by atoms with van der Waals surface area (Å²) in [5, 5.41) is 1.97. The van der Waals surface area contributed by atoms with E-state index in [9.17, 15) is 8.42 Å². The first-order chi connectivity index (χ1) is 7.66. The van der Waals surface area contributed by atoms with Crippen LogP contribution in [0.2, 0.25) is 0 Å². The molecule has 16 heavy (non-hydrogen) atoms. The van der Waals surface area contributed by atoms with Crippen LogP contribution in [0, 0.1) is 0 Å². The molecule has 0 saturated carbocycles. The van der Waals surface area contributed by atoms with E-state index in [-0.39, 0.29) is 11.8 Å². The lowest BCUT2D eigenvalue weighted by Crippen LogP contribution is -2.42. The smallest absolute Gasteiger partial charge is 0.152 e. The molecule has 1 N–H and O–H groups in total. The molecule has 6 heteroatoms. The number of fused-ring (bicyclic) bond motifs is 1. The minimum Gasteiger partial charge on any atom is -0.302 e. The third-order valence-electron chi connectivity index (χ3n) is 3.12. The molecule has 86 valence electrons. The van der Waals surface area contributed by atoms with E-state index in [0.717, 1.165) is 11.4 Å². The van der Waals surface area contributed by atoms with Gasteiger partial charge in [0.2, 0.25) is 0 Å². The van der Waals surface area contributed by atoms with E-state index in [0.29, 0.717) is 18.7 Å². The first-order valence-electron chi connectivity index (χ1n) is 5.33. The average molecular weight is 239 g/mol. The van der Waals surface area contributed by atoms with Gasteiger partial charge in [0.25, 0.3) is 0 Å². The number of aromatic nitrogens is 1. The zero-order chi connectivity index (χ0) is 11.2. The lowest BCUT2D eigenvalue weighted by atomic mass is 10.2. The van der Waals surface area contributed by atoms with Gasteiger partial charge in [-0.15, -0.1) is 0 Å². The zero-order valence-corrected chi connectivity index (χ0v) is 9.57. The van der Waals surface area contributed by atoms with Gasteiger partial charge in [0, 0.05) is 6.20 Å². The van der Waals surface area contributed by atoms with Crippen molar-refractivity contribution in [2.45, 2.75) is 19.0 Å². The van der Waals surface area contributed by atoms with E-state index in [1.807, 2.05) is 17.1 Å². The molecule has 0 spiro atoms. The molecule has 1 unspecified atom stereocenters. The molecule has 3 rings (SSSR count). The second kappa shape index (κ2) is 3.43. The molecule has 0 aliphatic carbocycles. The Morgan fingerprint density at radius 3 is 3.12 bits per heavy atom. The van der Waals surface area contributed by atoms with Crippen LogP contribution >= 0.6 is 0 Å². The normalized spacial score (nSPS) is 27.0. The summed E-state index contributed by atoms with van der Waals surface area (Å²) in [7, 11) is -2.84. The molecule has 1 aromatic heterocycles. The van der Waals surface area contributed by atoms with Crippen molar-refractivity contribution < 1.29 is 8.42 Å². The third-order valence-corrected chi connectivity index (χ3v) is 4.87. The van der Waals surface area contributed by atoms with Crippen LogP contribution in [0.15, 0.2) is 18.3 Å². The number of hydrogen-bond donors (Lipinski definition) is 1. The molecule has 0 bridgehead atoms. The maximum absolute atomic E-state index is 11.4. The number of nitrogens with zero attached hydrogens (tertiary/aromatic N) is 2. The second-order valence-electron chi connectivity index (χ2n) is 4.23. The summed E-state index contributed by atoms with van der Waals surface area (Å²) >= 11 is 0. The lowest BCUT2D eigenvalue weighted by molar-refractivity contribution is 0.567. The molecule has 1 aromatic rings. The van der Waals surface area contributed by atoms with Crippen molar-refractivity contribution in [1.82, 2.24) is 10.4 Å². The number of nitrogens with one attached hydrogen (secondary N) is 1. The van der Waals surface area contributed by atoms with Crippen molar-refractivity contribution in [2.24, 2.45) is 0 Å². The van der Waals surface area contributed by atoms with Gasteiger partial charge < -0.3 is 5.01 Å². The molecule has 1 atom stereocenters. The number of anilines is 1. The van der Waals surface area contributed by atoms with Crippen molar-refractivity contribution in [3.05, 3.63) is 24.0 Å². The molecular formula is C10H13N3O2S. The lowest BCUT2D eigenvalue weighted by Gasteiger charge is -2.25. The average Bonchev–Trinajstić information content (AvgIpc) is 2.81. The van der Waals surface area contributed by atoms with E-state index in [1.165, 1.54) is 0 Å². The number of sulfone groups is 1. The summed E-state index contributed by atoms with van der Waals surface area (Å²) in [5.74, 6) is 0.541. The van der Waals surface area contributed by atoms with Gasteiger partial charge in [-0.25, -0.2) is 13.8 Å². The van der Waals surface area contributed by atoms with Crippen LogP contribution in [0.4, 0.5) is 5.69 Å². The Bertz CT molecular complexity index is 515. The zero-order valence-electron chi connectivity index (χ0n) is 8.76. The molecule has 0 radical (unpaired) electrons. The number of hydrazine groups is 1. The monoisotopic (exact) mass is 239 g/mol. The topological polar surface area (TPSA) is 62.3 Å². The second-order valence-corrected chi connectivity index (χ2v) is 6.46. The third kappa shape index (κ3) is 1.58. The Hall–Kier alpha value is -1.14. The molecule has 0 amide bonds. The Balaban J connectivity index is 1.89. The maximum atomic E-state index is 11.4. The van der Waals surface area contributed by atoms with Gasteiger partial charge in [-0.3, -0.25) is 4.98 Å². The van der Waals surface area contributed by atoms with Gasteiger partial charge >= 0.3 is 0 Å². The molecule has 2 aliphatic rings. The Labute approximate surface area is 94.4 Å². The van der Waals surface area contributed by atoms with Gasteiger partial charge in [-0.1, -0.05) is 0 Å². The Morgan fingerprint density at radius 2 is 2.38 bits per heavy atom. The quantitative estimate of drug-likeness (QED) is 0.752. The summed E-state index contributed by atoms with van der Waals surface area (Å²) < 4.78 is 22.9. The fraction of sp³-hybridized carbons (Fsp3) is 0.500. The summed E-state index contributed by atoms with van der Waals surface area (Å²) in [6.07, 6.45) is 2.46. The summed E-state index contributed by atoms with van der Waals surface area (Å²) in [6.45, 7) is 0.687. The van der Waals surface area contributed by atoms with E-state index in [4.69, 9.17) is 0 Å². The molecular weight excluding hydrogens is 226 g/mol. The molecule has 1 fully saturated rings. The van der Waals surface area contributed by atoms with Crippen molar-refractivity contribution in [3.8, 4) is 0 Å². The predicted octanol–water partition coefficient (Wildman–Crippen LogP) is 0.0933. The number of hydrogen-bond acceptors (Lipinski definition) is 5. The van der Waals surface area contributed by atoms with Crippen LogP contribution in [-0.2, 0) is 16.4 Å². The van der Waals surface area contributed by atoms with Gasteiger partial charge in [-0.05, 0) is 18.6 Å². The van der Waals surface area contributed by atoms with E-state index in [2.05, 4.69) is 10.4 Å². The number of rotatable bonds is 1. The molecule has 2 aliphatic heterocycles. The number of pyridine rings is 1. The Morgan fingerprint density at radius 1 is 1.50 bits per heavy atom.